The Morgan fingerprint density at radius 2 is 2.29 bits per heavy atom. The molecule has 14 heavy (non-hydrogen) atoms. The Labute approximate surface area is 88.0 Å². The fourth-order valence-corrected chi connectivity index (χ4v) is 2.48. The monoisotopic (exact) mass is 220 g/mol. The zero-order valence-electron chi connectivity index (χ0n) is 8.60. The summed E-state index contributed by atoms with van der Waals surface area (Å²) in [5.74, 6) is 0.0202. The van der Waals surface area contributed by atoms with E-state index in [-0.39, 0.29) is 23.1 Å². The van der Waals surface area contributed by atoms with Gasteiger partial charge in [-0.15, -0.1) is 11.8 Å². The van der Waals surface area contributed by atoms with E-state index >= 15 is 0 Å². The van der Waals surface area contributed by atoms with Crippen LogP contribution >= 0.6 is 11.8 Å². The Bertz CT molecular complexity index is 207. The number of hydrogen-bond acceptors (Lipinski definition) is 5. The molecular weight excluding hydrogens is 204 g/mol. The Morgan fingerprint density at radius 3 is 2.71 bits per heavy atom. The summed E-state index contributed by atoms with van der Waals surface area (Å²) in [6.07, 6.45) is -0.655. The van der Waals surface area contributed by atoms with Crippen LogP contribution in [-0.4, -0.2) is 35.2 Å². The van der Waals surface area contributed by atoms with Gasteiger partial charge in [-0.1, -0.05) is 13.8 Å². The third kappa shape index (κ3) is 2.87. The second kappa shape index (κ2) is 5.00. The van der Waals surface area contributed by atoms with Gasteiger partial charge in [0.05, 0.1) is 18.8 Å². The summed E-state index contributed by atoms with van der Waals surface area (Å²) in [7, 11) is 1.34. The molecule has 0 aromatic rings. The third-order valence-corrected chi connectivity index (χ3v) is 3.71. The summed E-state index contributed by atoms with van der Waals surface area (Å²) in [5, 5.41) is 9.30. The quantitative estimate of drug-likeness (QED) is 0.719. The van der Waals surface area contributed by atoms with Crippen LogP contribution in [-0.2, 0) is 14.3 Å². The van der Waals surface area contributed by atoms with Crippen LogP contribution in [0, 0.1) is 5.92 Å². The van der Waals surface area contributed by atoms with Crippen LogP contribution in [0.25, 0.3) is 0 Å². The molecule has 1 fully saturated rings. The molecule has 1 rings (SSSR count). The van der Waals surface area contributed by atoms with Crippen LogP contribution in [0.3, 0.4) is 0 Å². The maximum Gasteiger partial charge on any atom is 0.306 e. The van der Waals surface area contributed by atoms with E-state index in [2.05, 4.69) is 4.74 Å². The number of thioether (sulfide) groups is 1. The second-order valence-corrected chi connectivity index (χ2v) is 4.94. The molecule has 0 radical (unpaired) electrons. The average molecular weight is 220 g/mol. The number of carbonyl (C=O) groups is 1. The molecular formula is C9H16O4S. The Kier molecular flexibility index (Phi) is 4.22. The maximum absolute atomic E-state index is 11.0. The first kappa shape index (κ1) is 11.8. The van der Waals surface area contributed by atoms with Gasteiger partial charge in [0.25, 0.3) is 0 Å². The summed E-state index contributed by atoms with van der Waals surface area (Å²) in [6, 6.07) is 0. The molecule has 1 N–H and O–H groups in total. The molecule has 4 nitrogen and oxygen atoms in total. The normalized spacial score (nSPS) is 32.2. The van der Waals surface area contributed by atoms with Crippen molar-refractivity contribution in [2.45, 2.75) is 37.2 Å². The molecule has 0 aliphatic carbocycles. The van der Waals surface area contributed by atoms with Crippen LogP contribution in [0.2, 0.25) is 0 Å². The first-order chi connectivity index (χ1) is 6.54. The molecule has 0 spiro atoms. The summed E-state index contributed by atoms with van der Waals surface area (Å²) in [6.45, 7) is 4.04. The third-order valence-electron chi connectivity index (χ3n) is 2.04. The highest BCUT2D eigenvalue weighted by molar-refractivity contribution is 8.00. The van der Waals surface area contributed by atoms with Crippen molar-refractivity contribution in [3.8, 4) is 0 Å². The van der Waals surface area contributed by atoms with Crippen LogP contribution in [0.15, 0.2) is 0 Å². The smallest absolute Gasteiger partial charge is 0.306 e. The average Bonchev–Trinajstić information content (AvgIpc) is 2.48. The lowest BCUT2D eigenvalue weighted by molar-refractivity contribution is -0.144. The standard InChI is InChI=1S/C9H16O4S/c1-5(2)9-13-8(11)6(14-9)4-7(10)12-3/h5-6,8-9,11H,4H2,1-3H3. The van der Waals surface area contributed by atoms with E-state index in [9.17, 15) is 9.90 Å². The van der Waals surface area contributed by atoms with Gasteiger partial charge in [0.1, 0.15) is 5.44 Å². The number of esters is 1. The molecule has 0 bridgehead atoms. The lowest BCUT2D eigenvalue weighted by atomic mass is 10.2. The van der Waals surface area contributed by atoms with Crippen molar-refractivity contribution in [2.24, 2.45) is 5.92 Å². The van der Waals surface area contributed by atoms with Crippen molar-refractivity contribution in [1.82, 2.24) is 0 Å². The van der Waals surface area contributed by atoms with E-state index in [0.717, 1.165) is 0 Å². The van der Waals surface area contributed by atoms with Crippen molar-refractivity contribution in [3.63, 3.8) is 0 Å². The van der Waals surface area contributed by atoms with E-state index in [1.165, 1.54) is 18.9 Å². The summed E-state index contributed by atoms with van der Waals surface area (Å²) in [4.78, 5) is 11.0. The molecule has 3 atom stereocenters. The minimum absolute atomic E-state index is 0.0281. The second-order valence-electron chi connectivity index (χ2n) is 3.59. The van der Waals surface area contributed by atoms with E-state index in [1.54, 1.807) is 0 Å². The van der Waals surface area contributed by atoms with Gasteiger partial charge in [-0.25, -0.2) is 0 Å². The van der Waals surface area contributed by atoms with Gasteiger partial charge < -0.3 is 14.6 Å². The number of rotatable bonds is 3. The maximum atomic E-state index is 11.0. The molecule has 1 saturated heterocycles. The van der Waals surface area contributed by atoms with Crippen molar-refractivity contribution in [3.05, 3.63) is 0 Å². The van der Waals surface area contributed by atoms with Crippen LogP contribution in [0.4, 0.5) is 0 Å². The van der Waals surface area contributed by atoms with E-state index in [4.69, 9.17) is 4.74 Å². The summed E-state index contributed by atoms with van der Waals surface area (Å²) in [5.41, 5.74) is -0.0281. The molecule has 1 heterocycles. The molecule has 0 saturated carbocycles. The Morgan fingerprint density at radius 1 is 1.64 bits per heavy atom. The van der Waals surface area contributed by atoms with Crippen LogP contribution < -0.4 is 0 Å². The number of aliphatic hydroxyl groups is 1. The van der Waals surface area contributed by atoms with Gasteiger partial charge in [-0.2, -0.15) is 0 Å². The lowest BCUT2D eigenvalue weighted by Gasteiger charge is -2.11. The molecule has 82 valence electrons. The topological polar surface area (TPSA) is 55.8 Å². The van der Waals surface area contributed by atoms with Crippen LogP contribution in [0.5, 0.6) is 0 Å². The van der Waals surface area contributed by atoms with Gasteiger partial charge in [0.15, 0.2) is 6.29 Å². The highest BCUT2D eigenvalue weighted by atomic mass is 32.2. The first-order valence-corrected chi connectivity index (χ1v) is 5.54. The van der Waals surface area contributed by atoms with Crippen LogP contribution in [0.1, 0.15) is 20.3 Å². The molecule has 3 unspecified atom stereocenters. The number of aliphatic hydroxyl groups excluding tert-OH is 1. The zero-order valence-corrected chi connectivity index (χ0v) is 9.41. The first-order valence-electron chi connectivity index (χ1n) is 4.60. The predicted molar refractivity (Wildman–Crippen MR) is 53.7 cm³/mol. The van der Waals surface area contributed by atoms with Crippen molar-refractivity contribution >= 4 is 17.7 Å². The van der Waals surface area contributed by atoms with Gasteiger partial charge in [0.2, 0.25) is 0 Å². The zero-order chi connectivity index (χ0) is 10.7. The predicted octanol–water partition coefficient (Wildman–Crippen LogP) is 0.982. The Balaban J connectivity index is 2.44. The fourth-order valence-electron chi connectivity index (χ4n) is 1.21. The molecule has 0 aromatic carbocycles. The highest BCUT2D eigenvalue weighted by Gasteiger charge is 2.37. The van der Waals surface area contributed by atoms with E-state index < -0.39 is 6.29 Å². The minimum Gasteiger partial charge on any atom is -0.469 e. The lowest BCUT2D eigenvalue weighted by Crippen LogP contribution is -2.23. The molecule has 0 aromatic heterocycles. The molecule has 1 aliphatic heterocycles. The van der Waals surface area contributed by atoms with Gasteiger partial charge in [-0.3, -0.25) is 4.79 Å². The van der Waals surface area contributed by atoms with E-state index in [0.29, 0.717) is 5.92 Å². The fraction of sp³-hybridized carbons (Fsp3) is 0.889. The van der Waals surface area contributed by atoms with Gasteiger partial charge >= 0.3 is 5.97 Å². The molecule has 1 aliphatic rings. The number of carbonyl (C=O) groups excluding carboxylic acids is 1. The largest absolute Gasteiger partial charge is 0.469 e. The molecule has 0 amide bonds. The SMILES string of the molecule is COC(=O)CC1SC(C(C)C)OC1O. The highest BCUT2D eigenvalue weighted by Crippen LogP contribution is 2.37. The van der Waals surface area contributed by atoms with Crippen molar-refractivity contribution < 1.29 is 19.4 Å². The number of hydrogen-bond donors (Lipinski definition) is 1. The van der Waals surface area contributed by atoms with Crippen molar-refractivity contribution in [1.29, 1.82) is 0 Å². The Hall–Kier alpha value is -0.260. The van der Waals surface area contributed by atoms with Crippen molar-refractivity contribution in [2.75, 3.05) is 7.11 Å². The summed E-state index contributed by atoms with van der Waals surface area (Å²) >= 11 is 1.50. The minimum atomic E-state index is -0.855. The van der Waals surface area contributed by atoms with Gasteiger partial charge in [-0.05, 0) is 5.92 Å². The molecule has 5 heteroatoms. The van der Waals surface area contributed by atoms with Gasteiger partial charge in [0, 0.05) is 0 Å². The number of ether oxygens (including phenoxy) is 2. The van der Waals surface area contributed by atoms with E-state index in [1.807, 2.05) is 13.8 Å². The number of methoxy groups -OCH3 is 1. The summed E-state index contributed by atoms with van der Waals surface area (Å²) < 4.78 is 9.83.